The van der Waals surface area contributed by atoms with Gasteiger partial charge in [0.25, 0.3) is 0 Å². The van der Waals surface area contributed by atoms with Crippen molar-refractivity contribution >= 4 is 11.8 Å². The molecule has 1 aromatic rings. The third-order valence-electron chi connectivity index (χ3n) is 3.82. The van der Waals surface area contributed by atoms with Gasteiger partial charge in [0.05, 0.1) is 7.11 Å². The lowest BCUT2D eigenvalue weighted by Gasteiger charge is -2.35. The van der Waals surface area contributed by atoms with Gasteiger partial charge in [0, 0.05) is 11.3 Å². The Balaban J connectivity index is 2.24. The summed E-state index contributed by atoms with van der Waals surface area (Å²) in [5.74, 6) is 0.980. The lowest BCUT2D eigenvalue weighted by atomic mass is 9.87. The Hall–Kier alpha value is -0.670. The summed E-state index contributed by atoms with van der Waals surface area (Å²) in [5.41, 5.74) is 2.93. The van der Waals surface area contributed by atoms with Gasteiger partial charge in [-0.25, -0.2) is 0 Å². The molecule has 20 heavy (non-hydrogen) atoms. The Labute approximate surface area is 127 Å². The Morgan fingerprint density at radius 3 is 2.85 bits per heavy atom. The lowest BCUT2D eigenvalue weighted by Crippen LogP contribution is -2.35. The third-order valence-corrected chi connectivity index (χ3v) is 5.22. The maximum absolute atomic E-state index is 5.36. The standard InChI is InChI=1S/C17H27NOS/c1-5-10-18-17-15-8-7-14(19-4)11-13(15)6-9-16(17)20-12(2)3/h7-8,11-12,16-18H,5-6,9-10H2,1-4H3. The number of rotatable bonds is 6. The average molecular weight is 293 g/mol. The molecule has 0 aliphatic heterocycles. The van der Waals surface area contributed by atoms with E-state index in [9.17, 15) is 0 Å². The summed E-state index contributed by atoms with van der Waals surface area (Å²) in [6, 6.07) is 7.06. The van der Waals surface area contributed by atoms with Gasteiger partial charge in [-0.05, 0) is 54.3 Å². The number of aryl methyl sites for hydroxylation is 1. The molecule has 0 fully saturated rings. The molecule has 1 aromatic carbocycles. The number of hydrogen-bond acceptors (Lipinski definition) is 3. The van der Waals surface area contributed by atoms with Crippen LogP contribution in [0.15, 0.2) is 18.2 Å². The SMILES string of the molecule is CCCNC1c2ccc(OC)cc2CCC1SC(C)C. The van der Waals surface area contributed by atoms with E-state index < -0.39 is 0 Å². The average Bonchev–Trinajstić information content (AvgIpc) is 2.45. The molecule has 0 saturated carbocycles. The second-order valence-electron chi connectivity index (χ2n) is 5.76. The van der Waals surface area contributed by atoms with Crippen molar-refractivity contribution in [3.8, 4) is 5.75 Å². The number of ether oxygens (including phenoxy) is 1. The smallest absolute Gasteiger partial charge is 0.119 e. The molecule has 1 aliphatic rings. The molecule has 0 spiro atoms. The summed E-state index contributed by atoms with van der Waals surface area (Å²) in [4.78, 5) is 0. The highest BCUT2D eigenvalue weighted by molar-refractivity contribution is 8.00. The van der Waals surface area contributed by atoms with E-state index in [4.69, 9.17) is 4.74 Å². The highest BCUT2D eigenvalue weighted by Gasteiger charge is 2.30. The number of thioether (sulfide) groups is 1. The molecule has 0 aromatic heterocycles. The quantitative estimate of drug-likeness (QED) is 0.849. The van der Waals surface area contributed by atoms with E-state index >= 15 is 0 Å². The molecule has 2 atom stereocenters. The number of benzene rings is 1. The maximum atomic E-state index is 5.36. The van der Waals surface area contributed by atoms with Crippen molar-refractivity contribution in [2.75, 3.05) is 13.7 Å². The van der Waals surface area contributed by atoms with Gasteiger partial charge in [0.1, 0.15) is 5.75 Å². The van der Waals surface area contributed by atoms with Crippen molar-refractivity contribution in [1.82, 2.24) is 5.32 Å². The first-order valence-corrected chi connectivity index (χ1v) is 8.65. The van der Waals surface area contributed by atoms with Crippen LogP contribution >= 0.6 is 11.8 Å². The minimum Gasteiger partial charge on any atom is -0.497 e. The molecular weight excluding hydrogens is 266 g/mol. The largest absolute Gasteiger partial charge is 0.497 e. The van der Waals surface area contributed by atoms with Crippen LogP contribution in [0, 0.1) is 0 Å². The van der Waals surface area contributed by atoms with Crippen LogP contribution in [0.3, 0.4) is 0 Å². The molecule has 1 N–H and O–H groups in total. The molecule has 0 amide bonds. The molecule has 2 nitrogen and oxygen atoms in total. The fourth-order valence-corrected chi connectivity index (χ4v) is 4.28. The normalized spacial score (nSPS) is 21.9. The van der Waals surface area contributed by atoms with Crippen LogP contribution in [0.1, 0.15) is 50.8 Å². The molecular formula is C17H27NOS. The number of nitrogens with one attached hydrogen (secondary N) is 1. The third kappa shape index (κ3) is 3.70. The molecule has 0 saturated heterocycles. The summed E-state index contributed by atoms with van der Waals surface area (Å²) in [5, 5.41) is 5.13. The van der Waals surface area contributed by atoms with E-state index in [0.717, 1.165) is 12.3 Å². The first-order valence-electron chi connectivity index (χ1n) is 7.71. The molecule has 2 unspecified atom stereocenters. The van der Waals surface area contributed by atoms with Gasteiger partial charge in [-0.1, -0.05) is 26.8 Å². The fraction of sp³-hybridized carbons (Fsp3) is 0.647. The first kappa shape index (κ1) is 15.7. The molecule has 1 aliphatic carbocycles. The van der Waals surface area contributed by atoms with Gasteiger partial charge in [-0.2, -0.15) is 11.8 Å². The fourth-order valence-electron chi connectivity index (χ4n) is 2.93. The highest BCUT2D eigenvalue weighted by atomic mass is 32.2. The van der Waals surface area contributed by atoms with Gasteiger partial charge < -0.3 is 10.1 Å². The van der Waals surface area contributed by atoms with Crippen LogP contribution < -0.4 is 10.1 Å². The van der Waals surface area contributed by atoms with Crippen molar-refractivity contribution < 1.29 is 4.74 Å². The van der Waals surface area contributed by atoms with E-state index in [1.54, 1.807) is 7.11 Å². The lowest BCUT2D eigenvalue weighted by molar-refractivity contribution is 0.411. The Morgan fingerprint density at radius 1 is 1.40 bits per heavy atom. The van der Waals surface area contributed by atoms with Crippen LogP contribution in [0.4, 0.5) is 0 Å². The van der Waals surface area contributed by atoms with Gasteiger partial charge in [0.15, 0.2) is 0 Å². The summed E-state index contributed by atoms with van der Waals surface area (Å²) in [6.45, 7) is 7.91. The monoisotopic (exact) mass is 293 g/mol. The Morgan fingerprint density at radius 2 is 2.20 bits per heavy atom. The van der Waals surface area contributed by atoms with E-state index in [0.29, 0.717) is 16.5 Å². The molecule has 2 rings (SSSR count). The molecule has 0 radical (unpaired) electrons. The second kappa shape index (κ2) is 7.37. The Kier molecular flexibility index (Phi) is 5.79. The molecule has 0 heterocycles. The zero-order chi connectivity index (χ0) is 14.5. The minimum atomic E-state index is 0.483. The first-order chi connectivity index (χ1) is 9.65. The predicted molar refractivity (Wildman–Crippen MR) is 88.9 cm³/mol. The van der Waals surface area contributed by atoms with Crippen LogP contribution in [0.2, 0.25) is 0 Å². The van der Waals surface area contributed by atoms with Gasteiger partial charge in [0.2, 0.25) is 0 Å². The van der Waals surface area contributed by atoms with Gasteiger partial charge in [-0.3, -0.25) is 0 Å². The van der Waals surface area contributed by atoms with E-state index in [-0.39, 0.29) is 0 Å². The van der Waals surface area contributed by atoms with Gasteiger partial charge in [-0.15, -0.1) is 0 Å². The van der Waals surface area contributed by atoms with E-state index in [1.165, 1.54) is 30.4 Å². The van der Waals surface area contributed by atoms with Crippen molar-refractivity contribution in [3.63, 3.8) is 0 Å². The van der Waals surface area contributed by atoms with Crippen molar-refractivity contribution in [2.24, 2.45) is 0 Å². The van der Waals surface area contributed by atoms with E-state index in [2.05, 4.69) is 56.0 Å². The molecule has 0 bridgehead atoms. The zero-order valence-corrected chi connectivity index (χ0v) is 13.9. The number of fused-ring (bicyclic) bond motifs is 1. The van der Waals surface area contributed by atoms with Crippen LogP contribution in [0.25, 0.3) is 0 Å². The summed E-state index contributed by atoms with van der Waals surface area (Å²) in [6.07, 6.45) is 3.60. The Bertz CT molecular complexity index is 433. The van der Waals surface area contributed by atoms with Crippen molar-refractivity contribution in [3.05, 3.63) is 29.3 Å². The second-order valence-corrected chi connectivity index (χ2v) is 7.58. The van der Waals surface area contributed by atoms with Crippen molar-refractivity contribution in [2.45, 2.75) is 56.6 Å². The van der Waals surface area contributed by atoms with Gasteiger partial charge >= 0.3 is 0 Å². The highest BCUT2D eigenvalue weighted by Crippen LogP contribution is 2.39. The summed E-state index contributed by atoms with van der Waals surface area (Å²) >= 11 is 2.11. The minimum absolute atomic E-state index is 0.483. The van der Waals surface area contributed by atoms with Crippen molar-refractivity contribution in [1.29, 1.82) is 0 Å². The van der Waals surface area contributed by atoms with Crippen LogP contribution in [0.5, 0.6) is 5.75 Å². The summed E-state index contributed by atoms with van der Waals surface area (Å²) < 4.78 is 5.36. The molecule has 112 valence electrons. The predicted octanol–water partition coefficient (Wildman–Crippen LogP) is 4.19. The van der Waals surface area contributed by atoms with Crippen LogP contribution in [-0.2, 0) is 6.42 Å². The topological polar surface area (TPSA) is 21.3 Å². The zero-order valence-electron chi connectivity index (χ0n) is 13.1. The molecule has 3 heteroatoms. The number of methoxy groups -OCH3 is 1. The van der Waals surface area contributed by atoms with E-state index in [1.807, 2.05) is 0 Å². The number of hydrogen-bond donors (Lipinski definition) is 1. The summed E-state index contributed by atoms with van der Waals surface area (Å²) in [7, 11) is 1.74. The van der Waals surface area contributed by atoms with Crippen LogP contribution in [-0.4, -0.2) is 24.2 Å². The maximum Gasteiger partial charge on any atom is 0.119 e.